The number of carbonyl (C=O) groups excluding carboxylic acids is 1. The number of rotatable bonds is 4. The molecule has 0 amide bonds. The van der Waals surface area contributed by atoms with Gasteiger partial charge in [-0.15, -0.1) is 0 Å². The van der Waals surface area contributed by atoms with E-state index < -0.39 is 10.1 Å². The Balaban J connectivity index is 3.33. The SMILES string of the molecule is CNCc1cc(S(=O)(=O)O)ccc1C(C)=O. The van der Waals surface area contributed by atoms with Gasteiger partial charge >= 0.3 is 0 Å². The van der Waals surface area contributed by atoms with Crippen molar-refractivity contribution in [2.45, 2.75) is 18.4 Å². The van der Waals surface area contributed by atoms with Gasteiger partial charge in [-0.25, -0.2) is 0 Å². The van der Waals surface area contributed by atoms with Crippen molar-refractivity contribution in [2.75, 3.05) is 7.05 Å². The molecule has 0 heterocycles. The van der Waals surface area contributed by atoms with Crippen molar-refractivity contribution < 1.29 is 17.8 Å². The number of benzene rings is 1. The molecule has 1 aromatic rings. The van der Waals surface area contributed by atoms with Crippen LogP contribution >= 0.6 is 0 Å². The summed E-state index contributed by atoms with van der Waals surface area (Å²) in [5.41, 5.74) is 0.992. The van der Waals surface area contributed by atoms with Crippen molar-refractivity contribution in [1.82, 2.24) is 5.32 Å². The van der Waals surface area contributed by atoms with E-state index in [1.165, 1.54) is 25.1 Å². The Bertz CT molecular complexity index is 508. The molecule has 0 aliphatic rings. The first-order valence-electron chi connectivity index (χ1n) is 4.62. The zero-order valence-corrected chi connectivity index (χ0v) is 9.84. The van der Waals surface area contributed by atoms with Gasteiger partial charge in [-0.2, -0.15) is 8.42 Å². The summed E-state index contributed by atoms with van der Waals surface area (Å²) in [6, 6.07) is 3.91. The molecule has 0 aliphatic heterocycles. The van der Waals surface area contributed by atoms with Crippen molar-refractivity contribution in [3.05, 3.63) is 29.3 Å². The van der Waals surface area contributed by atoms with Crippen LogP contribution in [0.15, 0.2) is 23.1 Å². The van der Waals surface area contributed by atoms with Crippen molar-refractivity contribution in [1.29, 1.82) is 0 Å². The first kappa shape index (κ1) is 12.8. The third-order valence-corrected chi connectivity index (χ3v) is 2.97. The zero-order chi connectivity index (χ0) is 12.3. The van der Waals surface area contributed by atoms with Gasteiger partial charge in [-0.05, 0) is 37.7 Å². The summed E-state index contributed by atoms with van der Waals surface area (Å²) in [7, 11) is -2.54. The maximum atomic E-state index is 11.3. The van der Waals surface area contributed by atoms with Crippen LogP contribution < -0.4 is 5.32 Å². The second-order valence-electron chi connectivity index (χ2n) is 3.38. The molecule has 2 N–H and O–H groups in total. The predicted molar refractivity (Wildman–Crippen MR) is 59.0 cm³/mol. The summed E-state index contributed by atoms with van der Waals surface area (Å²) in [4.78, 5) is 11.1. The smallest absolute Gasteiger partial charge is 0.294 e. The van der Waals surface area contributed by atoms with Gasteiger partial charge in [0.2, 0.25) is 0 Å². The van der Waals surface area contributed by atoms with E-state index in [0.29, 0.717) is 17.7 Å². The van der Waals surface area contributed by atoms with Crippen LogP contribution in [0.3, 0.4) is 0 Å². The van der Waals surface area contributed by atoms with E-state index in [0.717, 1.165) is 0 Å². The Hall–Kier alpha value is -1.24. The largest absolute Gasteiger partial charge is 0.316 e. The molecule has 0 saturated carbocycles. The Morgan fingerprint density at radius 3 is 2.50 bits per heavy atom. The van der Waals surface area contributed by atoms with E-state index >= 15 is 0 Å². The van der Waals surface area contributed by atoms with Crippen molar-refractivity contribution in [3.63, 3.8) is 0 Å². The van der Waals surface area contributed by atoms with Gasteiger partial charge < -0.3 is 5.32 Å². The Morgan fingerprint density at radius 1 is 1.44 bits per heavy atom. The Morgan fingerprint density at radius 2 is 2.06 bits per heavy atom. The van der Waals surface area contributed by atoms with Crippen LogP contribution in [0.25, 0.3) is 0 Å². The van der Waals surface area contributed by atoms with E-state index in [9.17, 15) is 13.2 Å². The maximum Gasteiger partial charge on any atom is 0.294 e. The molecule has 6 heteroatoms. The highest BCUT2D eigenvalue weighted by atomic mass is 32.2. The predicted octanol–water partition coefficient (Wildman–Crippen LogP) is 0.855. The number of nitrogens with one attached hydrogen (secondary N) is 1. The Labute approximate surface area is 94.2 Å². The Kier molecular flexibility index (Phi) is 3.79. The normalized spacial score (nSPS) is 11.4. The molecular weight excluding hydrogens is 230 g/mol. The fourth-order valence-corrected chi connectivity index (χ4v) is 1.94. The molecule has 88 valence electrons. The highest BCUT2D eigenvalue weighted by Gasteiger charge is 2.14. The van der Waals surface area contributed by atoms with E-state index in [-0.39, 0.29) is 10.7 Å². The standard InChI is InChI=1S/C10H13NO4S/c1-7(12)10-4-3-9(16(13,14)15)5-8(10)6-11-2/h3-5,11H,6H2,1-2H3,(H,13,14,15). The van der Waals surface area contributed by atoms with E-state index in [4.69, 9.17) is 4.55 Å². The minimum Gasteiger partial charge on any atom is -0.316 e. The quantitative estimate of drug-likeness (QED) is 0.605. The van der Waals surface area contributed by atoms with Crippen LogP contribution in [0.5, 0.6) is 0 Å². The second kappa shape index (κ2) is 4.73. The minimum absolute atomic E-state index is 0.146. The summed E-state index contributed by atoms with van der Waals surface area (Å²) in [5.74, 6) is -0.146. The number of ketones is 1. The van der Waals surface area contributed by atoms with Gasteiger partial charge in [-0.3, -0.25) is 9.35 Å². The summed E-state index contributed by atoms with van der Waals surface area (Å²) < 4.78 is 30.7. The van der Waals surface area contributed by atoms with Gasteiger partial charge in [0.05, 0.1) is 4.90 Å². The monoisotopic (exact) mass is 243 g/mol. The molecule has 5 nitrogen and oxygen atoms in total. The topological polar surface area (TPSA) is 83.5 Å². The molecule has 0 fully saturated rings. The van der Waals surface area contributed by atoms with Gasteiger partial charge in [0.25, 0.3) is 10.1 Å². The molecule has 0 unspecified atom stereocenters. The first-order chi connectivity index (χ1) is 7.36. The highest BCUT2D eigenvalue weighted by Crippen LogP contribution is 2.16. The lowest BCUT2D eigenvalue weighted by Crippen LogP contribution is -2.11. The molecule has 1 rings (SSSR count). The van der Waals surface area contributed by atoms with Gasteiger partial charge in [0.1, 0.15) is 0 Å². The number of hydrogen-bond acceptors (Lipinski definition) is 4. The van der Waals surface area contributed by atoms with E-state index in [2.05, 4.69) is 5.32 Å². The molecule has 0 saturated heterocycles. The van der Waals surface area contributed by atoms with Crippen LogP contribution in [0.2, 0.25) is 0 Å². The minimum atomic E-state index is -4.23. The fourth-order valence-electron chi connectivity index (χ4n) is 1.41. The average Bonchev–Trinajstić information content (AvgIpc) is 2.16. The summed E-state index contributed by atoms with van der Waals surface area (Å²) in [5, 5.41) is 2.83. The van der Waals surface area contributed by atoms with Crippen LogP contribution in [-0.4, -0.2) is 25.8 Å². The van der Waals surface area contributed by atoms with Gasteiger partial charge in [0.15, 0.2) is 5.78 Å². The summed E-state index contributed by atoms with van der Waals surface area (Å²) in [6.07, 6.45) is 0. The fraction of sp³-hybridized carbons (Fsp3) is 0.300. The molecule has 16 heavy (non-hydrogen) atoms. The molecule has 0 aromatic heterocycles. The molecular formula is C10H13NO4S. The first-order valence-corrected chi connectivity index (χ1v) is 6.06. The van der Waals surface area contributed by atoms with E-state index in [1.807, 2.05) is 0 Å². The van der Waals surface area contributed by atoms with Crippen LogP contribution in [-0.2, 0) is 16.7 Å². The highest BCUT2D eigenvalue weighted by molar-refractivity contribution is 7.85. The number of hydrogen-bond donors (Lipinski definition) is 2. The van der Waals surface area contributed by atoms with Crippen LogP contribution in [0.4, 0.5) is 0 Å². The maximum absolute atomic E-state index is 11.3. The van der Waals surface area contributed by atoms with E-state index in [1.54, 1.807) is 7.05 Å². The average molecular weight is 243 g/mol. The molecule has 0 radical (unpaired) electrons. The third kappa shape index (κ3) is 2.88. The lowest BCUT2D eigenvalue weighted by atomic mass is 10.0. The molecule has 0 aliphatic carbocycles. The summed E-state index contributed by atoms with van der Waals surface area (Å²) in [6.45, 7) is 1.76. The lowest BCUT2D eigenvalue weighted by molar-refractivity contribution is 0.101. The van der Waals surface area contributed by atoms with Crippen molar-refractivity contribution >= 4 is 15.9 Å². The number of carbonyl (C=O) groups is 1. The molecule has 0 spiro atoms. The number of Topliss-reactive ketones (excluding diaryl/α,β-unsaturated/α-hetero) is 1. The molecule has 0 bridgehead atoms. The molecule has 0 atom stereocenters. The third-order valence-electron chi connectivity index (χ3n) is 2.12. The van der Waals surface area contributed by atoms with Gasteiger partial charge in [0, 0.05) is 12.1 Å². The van der Waals surface area contributed by atoms with Crippen LogP contribution in [0, 0.1) is 0 Å². The zero-order valence-electron chi connectivity index (χ0n) is 9.02. The van der Waals surface area contributed by atoms with Crippen LogP contribution in [0.1, 0.15) is 22.8 Å². The van der Waals surface area contributed by atoms with Crippen molar-refractivity contribution in [3.8, 4) is 0 Å². The lowest BCUT2D eigenvalue weighted by Gasteiger charge is -2.07. The second-order valence-corrected chi connectivity index (χ2v) is 4.80. The van der Waals surface area contributed by atoms with Gasteiger partial charge in [-0.1, -0.05) is 0 Å². The summed E-state index contributed by atoms with van der Waals surface area (Å²) >= 11 is 0. The van der Waals surface area contributed by atoms with Crippen molar-refractivity contribution in [2.24, 2.45) is 0 Å². The molecule has 1 aromatic carbocycles.